The van der Waals surface area contributed by atoms with Gasteiger partial charge in [-0.25, -0.2) is 0 Å². The smallest absolute Gasteiger partial charge is 0.311 e. The molecule has 152 valence electrons. The molecular weight excluding hydrogens is 398 g/mol. The second-order valence-corrected chi connectivity index (χ2v) is 6.86. The standard InChI is InChI=1S/C21H20ClNO6/c1-27-18-8-7-13(9-15(18)22)17(24)12-29-21(26)14-10-20(25)23(11-14)16-5-3-4-6-19(16)28-2/h3-9,14H,10-12H2,1-2H3/t14-/m1/s1. The Bertz CT molecular complexity index is 945. The highest BCUT2D eigenvalue weighted by Crippen LogP contribution is 2.33. The van der Waals surface area contributed by atoms with E-state index >= 15 is 0 Å². The summed E-state index contributed by atoms with van der Waals surface area (Å²) in [6.07, 6.45) is 0.0133. The number of carbonyl (C=O) groups is 3. The van der Waals surface area contributed by atoms with Crippen molar-refractivity contribution in [2.75, 3.05) is 32.3 Å². The summed E-state index contributed by atoms with van der Waals surface area (Å²) in [6.45, 7) is -0.262. The molecule has 1 aliphatic rings. The number of benzene rings is 2. The molecule has 1 heterocycles. The van der Waals surface area contributed by atoms with Crippen LogP contribution in [0.4, 0.5) is 5.69 Å². The van der Waals surface area contributed by atoms with Crippen molar-refractivity contribution in [3.05, 3.63) is 53.1 Å². The van der Waals surface area contributed by atoms with Crippen LogP contribution in [0.25, 0.3) is 0 Å². The van der Waals surface area contributed by atoms with Gasteiger partial charge in [-0.2, -0.15) is 0 Å². The zero-order valence-electron chi connectivity index (χ0n) is 16.0. The Balaban J connectivity index is 1.61. The van der Waals surface area contributed by atoms with Crippen LogP contribution in [0.1, 0.15) is 16.8 Å². The van der Waals surface area contributed by atoms with Gasteiger partial charge in [0, 0.05) is 18.5 Å². The Labute approximate surface area is 173 Å². The maximum absolute atomic E-state index is 12.4. The van der Waals surface area contributed by atoms with Gasteiger partial charge in [0.25, 0.3) is 0 Å². The van der Waals surface area contributed by atoms with Crippen molar-refractivity contribution in [3.8, 4) is 11.5 Å². The Hall–Kier alpha value is -3.06. The first kappa shape index (κ1) is 20.7. The summed E-state index contributed by atoms with van der Waals surface area (Å²) in [5, 5.41) is 0.290. The highest BCUT2D eigenvalue weighted by atomic mass is 35.5. The van der Waals surface area contributed by atoms with Crippen molar-refractivity contribution >= 4 is 34.9 Å². The van der Waals surface area contributed by atoms with E-state index in [1.807, 2.05) is 0 Å². The monoisotopic (exact) mass is 417 g/mol. The van der Waals surface area contributed by atoms with Gasteiger partial charge in [0.05, 0.1) is 30.8 Å². The number of halogens is 1. The molecule has 2 aromatic carbocycles. The van der Waals surface area contributed by atoms with Gasteiger partial charge in [0.1, 0.15) is 11.5 Å². The molecule has 1 aliphatic heterocycles. The molecule has 0 spiro atoms. The fraction of sp³-hybridized carbons (Fsp3) is 0.286. The molecule has 0 aliphatic carbocycles. The topological polar surface area (TPSA) is 82.1 Å². The lowest BCUT2D eigenvalue weighted by molar-refractivity contribution is -0.147. The van der Waals surface area contributed by atoms with Gasteiger partial charge in [0.15, 0.2) is 12.4 Å². The molecule has 0 aromatic heterocycles. The number of rotatable bonds is 7. The largest absolute Gasteiger partial charge is 0.495 e. The van der Waals surface area contributed by atoms with Crippen LogP contribution in [0, 0.1) is 5.92 Å². The van der Waals surface area contributed by atoms with Gasteiger partial charge in [-0.3, -0.25) is 14.4 Å². The summed E-state index contributed by atoms with van der Waals surface area (Å²) in [5.74, 6) is -0.857. The lowest BCUT2D eigenvalue weighted by Crippen LogP contribution is -2.27. The molecule has 0 radical (unpaired) electrons. The van der Waals surface area contributed by atoms with Gasteiger partial charge in [-0.05, 0) is 30.3 Å². The van der Waals surface area contributed by atoms with Gasteiger partial charge < -0.3 is 19.1 Å². The number of ether oxygens (including phenoxy) is 3. The summed E-state index contributed by atoms with van der Waals surface area (Å²) in [5.41, 5.74) is 0.904. The van der Waals surface area contributed by atoms with Crippen molar-refractivity contribution in [1.29, 1.82) is 0 Å². The van der Waals surface area contributed by atoms with E-state index in [0.717, 1.165) is 0 Å². The van der Waals surface area contributed by atoms with Crippen LogP contribution in [0.3, 0.4) is 0 Å². The molecular formula is C21H20ClNO6. The molecule has 0 unspecified atom stereocenters. The first-order valence-corrected chi connectivity index (χ1v) is 9.29. The summed E-state index contributed by atoms with van der Waals surface area (Å²) in [4.78, 5) is 38.6. The number of carbonyl (C=O) groups excluding carboxylic acids is 3. The first-order valence-electron chi connectivity index (χ1n) is 8.91. The minimum Gasteiger partial charge on any atom is -0.495 e. The SMILES string of the molecule is COc1ccc(C(=O)COC(=O)[C@@H]2CC(=O)N(c3ccccc3OC)C2)cc1Cl. The molecule has 1 fully saturated rings. The van der Waals surface area contributed by atoms with Crippen molar-refractivity contribution in [2.24, 2.45) is 5.92 Å². The Morgan fingerprint density at radius 1 is 1.10 bits per heavy atom. The average molecular weight is 418 g/mol. The van der Waals surface area contributed by atoms with Gasteiger partial charge in [0.2, 0.25) is 5.91 Å². The van der Waals surface area contributed by atoms with Crippen LogP contribution in [0.5, 0.6) is 11.5 Å². The number of Topliss-reactive ketones (excluding diaryl/α,β-unsaturated/α-hetero) is 1. The number of para-hydroxylation sites is 2. The van der Waals surface area contributed by atoms with Crippen LogP contribution < -0.4 is 14.4 Å². The molecule has 0 bridgehead atoms. The molecule has 1 atom stereocenters. The Morgan fingerprint density at radius 3 is 2.52 bits per heavy atom. The number of amides is 1. The first-order chi connectivity index (χ1) is 13.9. The minimum absolute atomic E-state index is 0.0133. The van der Waals surface area contributed by atoms with E-state index < -0.39 is 24.3 Å². The van der Waals surface area contributed by atoms with Gasteiger partial charge in [-0.1, -0.05) is 23.7 Å². The fourth-order valence-corrected chi connectivity index (χ4v) is 3.39. The van der Waals surface area contributed by atoms with E-state index in [4.69, 9.17) is 25.8 Å². The number of hydrogen-bond acceptors (Lipinski definition) is 6. The summed E-state index contributed by atoms with van der Waals surface area (Å²) in [6, 6.07) is 11.6. The third kappa shape index (κ3) is 4.51. The number of hydrogen-bond donors (Lipinski definition) is 0. The molecule has 2 aromatic rings. The van der Waals surface area contributed by atoms with Crippen molar-refractivity contribution in [1.82, 2.24) is 0 Å². The molecule has 0 N–H and O–H groups in total. The van der Waals surface area contributed by atoms with Crippen LogP contribution in [-0.2, 0) is 14.3 Å². The van der Waals surface area contributed by atoms with E-state index in [1.165, 1.54) is 25.2 Å². The molecule has 1 amide bonds. The van der Waals surface area contributed by atoms with Gasteiger partial charge in [-0.15, -0.1) is 0 Å². The summed E-state index contributed by atoms with van der Waals surface area (Å²) >= 11 is 6.02. The van der Waals surface area contributed by atoms with Crippen molar-refractivity contribution in [2.45, 2.75) is 6.42 Å². The highest BCUT2D eigenvalue weighted by Gasteiger charge is 2.37. The van der Waals surface area contributed by atoms with E-state index in [0.29, 0.717) is 27.8 Å². The second kappa shape index (κ2) is 8.96. The van der Waals surface area contributed by atoms with E-state index in [-0.39, 0.29) is 18.9 Å². The quantitative estimate of drug-likeness (QED) is 0.508. The van der Waals surface area contributed by atoms with Crippen LogP contribution >= 0.6 is 11.6 Å². The van der Waals surface area contributed by atoms with Crippen LogP contribution in [0.2, 0.25) is 5.02 Å². The van der Waals surface area contributed by atoms with Crippen molar-refractivity contribution in [3.63, 3.8) is 0 Å². The van der Waals surface area contributed by atoms with E-state index in [2.05, 4.69) is 0 Å². The number of ketones is 1. The Morgan fingerprint density at radius 2 is 1.83 bits per heavy atom. The molecule has 0 saturated carbocycles. The minimum atomic E-state index is -0.653. The molecule has 29 heavy (non-hydrogen) atoms. The number of methoxy groups -OCH3 is 2. The molecule has 7 nitrogen and oxygen atoms in total. The zero-order valence-corrected chi connectivity index (χ0v) is 16.8. The van der Waals surface area contributed by atoms with Crippen LogP contribution in [0.15, 0.2) is 42.5 Å². The van der Waals surface area contributed by atoms with E-state index in [1.54, 1.807) is 36.4 Å². The number of anilines is 1. The maximum atomic E-state index is 12.4. The fourth-order valence-electron chi connectivity index (χ4n) is 3.13. The third-order valence-electron chi connectivity index (χ3n) is 4.65. The molecule has 8 heteroatoms. The maximum Gasteiger partial charge on any atom is 0.311 e. The molecule has 1 saturated heterocycles. The predicted molar refractivity (Wildman–Crippen MR) is 107 cm³/mol. The van der Waals surface area contributed by atoms with Gasteiger partial charge >= 0.3 is 5.97 Å². The normalized spacial score (nSPS) is 15.9. The lowest BCUT2D eigenvalue weighted by atomic mass is 10.1. The summed E-state index contributed by atoms with van der Waals surface area (Å²) < 4.78 is 15.5. The lowest BCUT2D eigenvalue weighted by Gasteiger charge is -2.19. The molecule has 3 rings (SSSR count). The number of nitrogens with zero attached hydrogens (tertiary/aromatic N) is 1. The number of esters is 1. The average Bonchev–Trinajstić information content (AvgIpc) is 3.13. The summed E-state index contributed by atoms with van der Waals surface area (Å²) in [7, 11) is 2.99. The third-order valence-corrected chi connectivity index (χ3v) is 4.95. The van der Waals surface area contributed by atoms with E-state index in [9.17, 15) is 14.4 Å². The van der Waals surface area contributed by atoms with Crippen molar-refractivity contribution < 1.29 is 28.6 Å². The Kier molecular flexibility index (Phi) is 6.39. The zero-order chi connectivity index (χ0) is 21.0. The highest BCUT2D eigenvalue weighted by molar-refractivity contribution is 6.32. The predicted octanol–water partition coefficient (Wildman–Crippen LogP) is 3.14. The second-order valence-electron chi connectivity index (χ2n) is 6.46. The van der Waals surface area contributed by atoms with Crippen LogP contribution in [-0.4, -0.2) is 45.0 Å².